The Labute approximate surface area is 197 Å². The van der Waals surface area contributed by atoms with Gasteiger partial charge in [0.2, 0.25) is 0 Å². The number of non-ortho nitro benzene ring substituents is 1. The zero-order chi connectivity index (χ0) is 23.7. The lowest BCUT2D eigenvalue weighted by Crippen LogP contribution is -2.49. The van der Waals surface area contributed by atoms with Crippen LogP contribution in [0.25, 0.3) is 0 Å². The molecule has 0 bridgehead atoms. The molecule has 5 rings (SSSR count). The van der Waals surface area contributed by atoms with Crippen LogP contribution in [0, 0.1) is 10.1 Å². The molecule has 0 spiro atoms. The highest BCUT2D eigenvalue weighted by Crippen LogP contribution is 2.40. The van der Waals surface area contributed by atoms with E-state index in [0.717, 1.165) is 47.7 Å². The van der Waals surface area contributed by atoms with Crippen LogP contribution in [0.5, 0.6) is 0 Å². The summed E-state index contributed by atoms with van der Waals surface area (Å²) in [6, 6.07) is 10.1. The monoisotopic (exact) mass is 461 g/mol. The molecular weight excluding hydrogens is 434 g/mol. The van der Waals surface area contributed by atoms with Crippen molar-refractivity contribution in [1.82, 2.24) is 14.9 Å². The van der Waals surface area contributed by atoms with Gasteiger partial charge in [-0.05, 0) is 37.0 Å². The highest BCUT2D eigenvalue weighted by Gasteiger charge is 2.31. The van der Waals surface area contributed by atoms with Crippen molar-refractivity contribution in [3.05, 3.63) is 81.2 Å². The Bertz CT molecular complexity index is 1180. The van der Waals surface area contributed by atoms with Crippen molar-refractivity contribution in [3.63, 3.8) is 0 Å². The fraction of sp³-hybridized carbons (Fsp3) is 0.400. The number of aryl methyl sites for hydroxylation is 1. The molecule has 34 heavy (non-hydrogen) atoms. The minimum atomic E-state index is -0.385. The molecule has 1 saturated heterocycles. The molecule has 0 atom stereocenters. The number of nitro benzene ring substituents is 1. The summed E-state index contributed by atoms with van der Waals surface area (Å²) < 4.78 is 5.28. The molecule has 176 valence electrons. The molecule has 9 heteroatoms. The molecule has 1 aliphatic carbocycles. The van der Waals surface area contributed by atoms with Gasteiger partial charge < -0.3 is 14.2 Å². The van der Waals surface area contributed by atoms with Crippen LogP contribution in [0.3, 0.4) is 0 Å². The summed E-state index contributed by atoms with van der Waals surface area (Å²) >= 11 is 0. The summed E-state index contributed by atoms with van der Waals surface area (Å²) in [5.41, 5.74) is 3.15. The Morgan fingerprint density at radius 3 is 2.44 bits per heavy atom. The normalized spacial score (nSPS) is 16.0. The van der Waals surface area contributed by atoms with E-state index in [1.54, 1.807) is 36.4 Å². The van der Waals surface area contributed by atoms with E-state index in [9.17, 15) is 14.9 Å². The van der Waals surface area contributed by atoms with Gasteiger partial charge in [0.15, 0.2) is 5.76 Å². The van der Waals surface area contributed by atoms with Crippen LogP contribution in [0.15, 0.2) is 47.1 Å². The number of anilines is 1. The highest BCUT2D eigenvalue weighted by molar-refractivity contribution is 5.91. The lowest BCUT2D eigenvalue weighted by atomic mass is 10.0. The van der Waals surface area contributed by atoms with Gasteiger partial charge in [-0.15, -0.1) is 0 Å². The predicted octanol–water partition coefficient (Wildman–Crippen LogP) is 3.97. The Hall–Kier alpha value is -3.75. The van der Waals surface area contributed by atoms with E-state index in [2.05, 4.69) is 11.8 Å². The van der Waals surface area contributed by atoms with Crippen LogP contribution in [-0.2, 0) is 12.8 Å². The standard InChI is InChI=1S/C25H27N5O4/c1-2-21-20(16-17-5-9-19(10-6-17)30(32)33)24(27-23(26-21)18-7-8-18)28-11-13-29(14-12-28)25(31)22-4-3-15-34-22/h3-6,9-10,15,18H,2,7-8,11-14,16H2,1H3. The van der Waals surface area contributed by atoms with E-state index in [1.807, 2.05) is 4.90 Å². The van der Waals surface area contributed by atoms with Gasteiger partial charge >= 0.3 is 0 Å². The smallest absolute Gasteiger partial charge is 0.289 e. The van der Waals surface area contributed by atoms with E-state index in [1.165, 1.54) is 6.26 Å². The molecule has 0 N–H and O–H groups in total. The van der Waals surface area contributed by atoms with Crippen LogP contribution < -0.4 is 4.90 Å². The van der Waals surface area contributed by atoms with Gasteiger partial charge in [-0.3, -0.25) is 14.9 Å². The molecule has 1 saturated carbocycles. The number of aromatic nitrogens is 2. The molecule has 2 aromatic heterocycles. The molecule has 9 nitrogen and oxygen atoms in total. The largest absolute Gasteiger partial charge is 0.459 e. The topological polar surface area (TPSA) is 106 Å². The first-order valence-corrected chi connectivity index (χ1v) is 11.7. The number of amides is 1. The quantitative estimate of drug-likeness (QED) is 0.387. The lowest BCUT2D eigenvalue weighted by Gasteiger charge is -2.36. The van der Waals surface area contributed by atoms with Crippen molar-refractivity contribution in [2.24, 2.45) is 0 Å². The molecule has 3 heterocycles. The van der Waals surface area contributed by atoms with Crippen LogP contribution in [-0.4, -0.2) is 51.9 Å². The first kappa shape index (κ1) is 22.1. The summed E-state index contributed by atoms with van der Waals surface area (Å²) in [6.45, 7) is 4.61. The number of carbonyl (C=O) groups is 1. The Morgan fingerprint density at radius 2 is 1.85 bits per heavy atom. The Balaban J connectivity index is 1.41. The molecule has 2 fully saturated rings. The molecule has 2 aliphatic rings. The second-order valence-electron chi connectivity index (χ2n) is 8.82. The molecule has 1 aromatic carbocycles. The van der Waals surface area contributed by atoms with Crippen molar-refractivity contribution in [2.45, 2.75) is 38.5 Å². The van der Waals surface area contributed by atoms with Gasteiger partial charge in [0, 0.05) is 61.9 Å². The number of piperazine rings is 1. The van der Waals surface area contributed by atoms with E-state index in [0.29, 0.717) is 44.3 Å². The Morgan fingerprint density at radius 1 is 1.12 bits per heavy atom. The SMILES string of the molecule is CCc1nc(C2CC2)nc(N2CCN(C(=O)c3ccco3)CC2)c1Cc1ccc([N+](=O)[O-])cc1. The maximum atomic E-state index is 12.7. The third kappa shape index (κ3) is 4.50. The molecule has 1 aliphatic heterocycles. The van der Waals surface area contributed by atoms with E-state index < -0.39 is 0 Å². The third-order valence-corrected chi connectivity index (χ3v) is 6.49. The third-order valence-electron chi connectivity index (χ3n) is 6.49. The lowest BCUT2D eigenvalue weighted by molar-refractivity contribution is -0.384. The van der Waals surface area contributed by atoms with Crippen LogP contribution >= 0.6 is 0 Å². The van der Waals surface area contributed by atoms with E-state index in [4.69, 9.17) is 14.4 Å². The van der Waals surface area contributed by atoms with Crippen molar-refractivity contribution in [2.75, 3.05) is 31.1 Å². The number of rotatable bonds is 7. The molecule has 1 amide bonds. The van der Waals surface area contributed by atoms with Crippen molar-refractivity contribution in [1.29, 1.82) is 0 Å². The summed E-state index contributed by atoms with van der Waals surface area (Å²) in [6.07, 6.45) is 5.15. The fourth-order valence-electron chi connectivity index (χ4n) is 4.41. The van der Waals surface area contributed by atoms with Gasteiger partial charge in [0.25, 0.3) is 11.6 Å². The number of nitro groups is 1. The minimum absolute atomic E-state index is 0.0809. The molecular formula is C25H27N5O4. The molecule has 0 radical (unpaired) electrons. The average molecular weight is 462 g/mol. The summed E-state index contributed by atoms with van der Waals surface area (Å²) in [4.78, 5) is 37.3. The van der Waals surface area contributed by atoms with Gasteiger partial charge in [-0.2, -0.15) is 0 Å². The van der Waals surface area contributed by atoms with Crippen LogP contribution in [0.2, 0.25) is 0 Å². The first-order valence-electron chi connectivity index (χ1n) is 11.7. The van der Waals surface area contributed by atoms with Gasteiger partial charge in [-0.1, -0.05) is 19.1 Å². The number of benzene rings is 1. The fourth-order valence-corrected chi connectivity index (χ4v) is 4.41. The number of hydrogen-bond donors (Lipinski definition) is 0. The first-order chi connectivity index (χ1) is 16.5. The van der Waals surface area contributed by atoms with Crippen molar-refractivity contribution < 1.29 is 14.1 Å². The maximum Gasteiger partial charge on any atom is 0.289 e. The maximum absolute atomic E-state index is 12.7. The molecule has 3 aromatic rings. The zero-order valence-corrected chi connectivity index (χ0v) is 19.1. The summed E-state index contributed by atoms with van der Waals surface area (Å²) in [7, 11) is 0. The van der Waals surface area contributed by atoms with E-state index in [-0.39, 0.29) is 16.5 Å². The highest BCUT2D eigenvalue weighted by atomic mass is 16.6. The van der Waals surface area contributed by atoms with Crippen LogP contribution in [0.1, 0.15) is 58.9 Å². The van der Waals surface area contributed by atoms with Crippen LogP contribution in [0.4, 0.5) is 11.5 Å². The van der Waals surface area contributed by atoms with Crippen molar-refractivity contribution >= 4 is 17.4 Å². The van der Waals surface area contributed by atoms with E-state index >= 15 is 0 Å². The number of hydrogen-bond acceptors (Lipinski definition) is 7. The summed E-state index contributed by atoms with van der Waals surface area (Å²) in [5, 5.41) is 11.0. The Kier molecular flexibility index (Phi) is 6.00. The van der Waals surface area contributed by atoms with Gasteiger partial charge in [0.05, 0.1) is 11.2 Å². The minimum Gasteiger partial charge on any atom is -0.459 e. The van der Waals surface area contributed by atoms with Gasteiger partial charge in [-0.25, -0.2) is 9.97 Å². The predicted molar refractivity (Wildman–Crippen MR) is 126 cm³/mol. The van der Waals surface area contributed by atoms with Crippen molar-refractivity contribution in [3.8, 4) is 0 Å². The number of furan rings is 1. The number of carbonyl (C=O) groups excluding carboxylic acids is 1. The summed E-state index contributed by atoms with van der Waals surface area (Å²) in [5.74, 6) is 2.54. The second-order valence-corrected chi connectivity index (χ2v) is 8.82. The number of nitrogens with zero attached hydrogens (tertiary/aromatic N) is 5. The zero-order valence-electron chi connectivity index (χ0n) is 19.1. The van der Waals surface area contributed by atoms with Gasteiger partial charge in [0.1, 0.15) is 11.6 Å². The molecule has 0 unspecified atom stereocenters. The second kappa shape index (κ2) is 9.24. The average Bonchev–Trinajstić information content (AvgIpc) is 3.57.